The molecule has 0 saturated heterocycles. The van der Waals surface area contributed by atoms with E-state index in [0.29, 0.717) is 10.8 Å². The van der Waals surface area contributed by atoms with Crippen LogP contribution in [0.2, 0.25) is 5.02 Å². The Balaban J connectivity index is 2.59. The van der Waals surface area contributed by atoms with E-state index in [1.54, 1.807) is 15.6 Å². The fraction of sp³-hybridized carbons (Fsp3) is 0.250. The van der Waals surface area contributed by atoms with Gasteiger partial charge in [0.1, 0.15) is 5.02 Å². The summed E-state index contributed by atoms with van der Waals surface area (Å²) in [5.74, 6) is 0.673. The van der Waals surface area contributed by atoms with E-state index in [1.165, 1.54) is 0 Å². The lowest BCUT2D eigenvalue weighted by Crippen LogP contribution is -1.97. The molecule has 0 radical (unpaired) electrons. The predicted molar refractivity (Wildman–Crippen MR) is 50.1 cm³/mol. The average molecular weight is 197 g/mol. The third-order valence-electron chi connectivity index (χ3n) is 1.97. The van der Waals surface area contributed by atoms with Crippen LogP contribution in [0.15, 0.2) is 18.5 Å². The first-order valence-corrected chi connectivity index (χ1v) is 4.27. The van der Waals surface area contributed by atoms with Crippen molar-refractivity contribution >= 4 is 11.6 Å². The minimum atomic E-state index is 0.645. The molecular weight excluding hydrogens is 188 g/mol. The quantitative estimate of drug-likeness (QED) is 0.694. The first-order chi connectivity index (χ1) is 6.20. The fourth-order valence-corrected chi connectivity index (χ4v) is 1.35. The first kappa shape index (κ1) is 8.31. The summed E-state index contributed by atoms with van der Waals surface area (Å²) in [6, 6.07) is 1.83. The van der Waals surface area contributed by atoms with E-state index in [-0.39, 0.29) is 0 Å². The van der Waals surface area contributed by atoms with Crippen molar-refractivity contribution in [3.63, 3.8) is 0 Å². The largest absolute Gasteiger partial charge is 0.269 e. The molecule has 2 heterocycles. The molecule has 0 unspecified atom stereocenters. The molecule has 5 heteroatoms. The predicted octanol–water partition coefficient (Wildman–Crippen LogP) is 1.57. The Bertz CT molecular complexity index is 416. The fourth-order valence-electron chi connectivity index (χ4n) is 1.11. The Morgan fingerprint density at radius 2 is 2.23 bits per heavy atom. The lowest BCUT2D eigenvalue weighted by Gasteiger charge is -1.94. The monoisotopic (exact) mass is 196 g/mol. The molecule has 2 aromatic rings. The maximum Gasteiger partial charge on any atom is 0.194 e. The van der Waals surface area contributed by atoms with Crippen LogP contribution in [0.5, 0.6) is 0 Å². The molecule has 68 valence electrons. The van der Waals surface area contributed by atoms with Crippen molar-refractivity contribution in [3.05, 3.63) is 29.2 Å². The standard InChI is InChI=1S/C8H9ClN4/c1-6-7(9)8(11-12(6)2)13-5-3-4-10-13/h3-5H,1-2H3. The average Bonchev–Trinajstić information content (AvgIpc) is 2.70. The SMILES string of the molecule is Cc1c(Cl)c(-n2cccn2)nn1C. The van der Waals surface area contributed by atoms with Gasteiger partial charge in [0.2, 0.25) is 0 Å². The highest BCUT2D eigenvalue weighted by Crippen LogP contribution is 2.21. The zero-order valence-corrected chi connectivity index (χ0v) is 8.15. The van der Waals surface area contributed by atoms with E-state index in [0.717, 1.165) is 5.69 Å². The Kier molecular flexibility index (Phi) is 1.84. The summed E-state index contributed by atoms with van der Waals surface area (Å²) in [5, 5.41) is 8.94. The molecule has 0 atom stereocenters. The van der Waals surface area contributed by atoms with Crippen LogP contribution in [0.1, 0.15) is 5.69 Å². The molecule has 0 bridgehead atoms. The van der Waals surface area contributed by atoms with Gasteiger partial charge in [0.25, 0.3) is 0 Å². The summed E-state index contributed by atoms with van der Waals surface area (Å²) in [6.45, 7) is 1.92. The molecule has 0 spiro atoms. The number of halogens is 1. The number of hydrogen-bond acceptors (Lipinski definition) is 2. The molecule has 0 N–H and O–H groups in total. The van der Waals surface area contributed by atoms with Crippen molar-refractivity contribution in [1.29, 1.82) is 0 Å². The molecule has 0 fully saturated rings. The molecule has 2 rings (SSSR count). The summed E-state index contributed by atoms with van der Waals surface area (Å²) in [6.07, 6.45) is 3.51. The highest BCUT2D eigenvalue weighted by molar-refractivity contribution is 6.32. The van der Waals surface area contributed by atoms with Gasteiger partial charge in [0.15, 0.2) is 5.82 Å². The van der Waals surface area contributed by atoms with Crippen LogP contribution in [-0.2, 0) is 7.05 Å². The Morgan fingerprint density at radius 1 is 1.46 bits per heavy atom. The van der Waals surface area contributed by atoms with Crippen molar-refractivity contribution in [2.45, 2.75) is 6.92 Å². The summed E-state index contributed by atoms with van der Waals surface area (Å²) in [5.41, 5.74) is 0.937. The van der Waals surface area contributed by atoms with Crippen molar-refractivity contribution in [1.82, 2.24) is 19.6 Å². The van der Waals surface area contributed by atoms with Gasteiger partial charge in [-0.05, 0) is 13.0 Å². The molecule has 13 heavy (non-hydrogen) atoms. The normalized spacial score (nSPS) is 10.7. The third kappa shape index (κ3) is 1.23. The van der Waals surface area contributed by atoms with E-state index < -0.39 is 0 Å². The van der Waals surface area contributed by atoms with Crippen molar-refractivity contribution in [3.8, 4) is 5.82 Å². The second kappa shape index (κ2) is 2.88. The number of aromatic nitrogens is 4. The highest BCUT2D eigenvalue weighted by Gasteiger charge is 2.11. The Hall–Kier alpha value is -1.29. The smallest absolute Gasteiger partial charge is 0.194 e. The molecule has 0 aromatic carbocycles. The number of aryl methyl sites for hydroxylation is 1. The second-order valence-corrected chi connectivity index (χ2v) is 3.18. The molecule has 0 amide bonds. The van der Waals surface area contributed by atoms with Gasteiger partial charge in [-0.1, -0.05) is 11.6 Å². The van der Waals surface area contributed by atoms with E-state index >= 15 is 0 Å². The van der Waals surface area contributed by atoms with E-state index in [4.69, 9.17) is 11.6 Å². The topological polar surface area (TPSA) is 35.6 Å². The van der Waals surface area contributed by atoms with Crippen molar-refractivity contribution < 1.29 is 0 Å². The van der Waals surface area contributed by atoms with Gasteiger partial charge < -0.3 is 0 Å². The van der Waals surface area contributed by atoms with E-state index in [1.807, 2.05) is 26.2 Å². The zero-order chi connectivity index (χ0) is 9.42. The summed E-state index contributed by atoms with van der Waals surface area (Å²) in [7, 11) is 1.86. The van der Waals surface area contributed by atoms with Crippen LogP contribution in [-0.4, -0.2) is 19.6 Å². The van der Waals surface area contributed by atoms with Crippen LogP contribution in [0, 0.1) is 6.92 Å². The summed E-state index contributed by atoms with van der Waals surface area (Å²) < 4.78 is 3.38. The first-order valence-electron chi connectivity index (χ1n) is 3.89. The van der Waals surface area contributed by atoms with Gasteiger partial charge in [0.05, 0.1) is 5.69 Å². The maximum atomic E-state index is 6.06. The molecule has 2 aromatic heterocycles. The van der Waals surface area contributed by atoms with Crippen molar-refractivity contribution in [2.24, 2.45) is 7.05 Å². The maximum absolute atomic E-state index is 6.06. The number of nitrogens with zero attached hydrogens (tertiary/aromatic N) is 4. The van der Waals surface area contributed by atoms with Crippen LogP contribution in [0.25, 0.3) is 5.82 Å². The lowest BCUT2D eigenvalue weighted by molar-refractivity contribution is 0.713. The third-order valence-corrected chi connectivity index (χ3v) is 2.41. The highest BCUT2D eigenvalue weighted by atomic mass is 35.5. The van der Waals surface area contributed by atoms with Gasteiger partial charge in [0, 0.05) is 19.4 Å². The Labute approximate surface area is 80.7 Å². The summed E-state index contributed by atoms with van der Waals surface area (Å²) >= 11 is 6.06. The summed E-state index contributed by atoms with van der Waals surface area (Å²) in [4.78, 5) is 0. The number of rotatable bonds is 1. The van der Waals surface area contributed by atoms with Gasteiger partial charge >= 0.3 is 0 Å². The van der Waals surface area contributed by atoms with E-state index in [9.17, 15) is 0 Å². The zero-order valence-electron chi connectivity index (χ0n) is 7.40. The molecular formula is C8H9ClN4. The van der Waals surface area contributed by atoms with E-state index in [2.05, 4.69) is 10.2 Å². The second-order valence-electron chi connectivity index (χ2n) is 2.80. The minimum Gasteiger partial charge on any atom is -0.269 e. The Morgan fingerprint density at radius 3 is 2.69 bits per heavy atom. The molecule has 0 saturated carbocycles. The van der Waals surface area contributed by atoms with Crippen LogP contribution in [0.3, 0.4) is 0 Å². The van der Waals surface area contributed by atoms with Gasteiger partial charge in [-0.25, -0.2) is 4.68 Å². The van der Waals surface area contributed by atoms with Crippen LogP contribution >= 0.6 is 11.6 Å². The molecule has 0 aliphatic rings. The molecule has 0 aliphatic heterocycles. The van der Waals surface area contributed by atoms with Crippen molar-refractivity contribution in [2.75, 3.05) is 0 Å². The number of hydrogen-bond donors (Lipinski definition) is 0. The minimum absolute atomic E-state index is 0.645. The molecule has 4 nitrogen and oxygen atoms in total. The van der Waals surface area contributed by atoms with Crippen LogP contribution < -0.4 is 0 Å². The lowest BCUT2D eigenvalue weighted by atomic mass is 10.4. The van der Waals surface area contributed by atoms with Gasteiger partial charge in [-0.2, -0.15) is 10.2 Å². The van der Waals surface area contributed by atoms with Crippen LogP contribution in [0.4, 0.5) is 0 Å². The molecule has 0 aliphatic carbocycles. The van der Waals surface area contributed by atoms with Gasteiger partial charge in [-0.3, -0.25) is 4.68 Å². The van der Waals surface area contributed by atoms with Gasteiger partial charge in [-0.15, -0.1) is 0 Å².